The molecule has 1 aliphatic heterocycles. The van der Waals surface area contributed by atoms with Crippen molar-refractivity contribution in [3.05, 3.63) is 58.9 Å². The molecule has 0 fully saturated rings. The number of ether oxygens (including phenoxy) is 1. The molecule has 3 heteroatoms. The summed E-state index contributed by atoms with van der Waals surface area (Å²) in [6, 6.07) is 0. The standard InChI is InChI=1S/C17H22ClFO/c1-3-7-15-8-4-5-10-17(18)12-14(2)20-13-16(15)9-6-11-19/h5-6,9-10,12H,2-4,7-8,11,13H2,1H3/b9-6-,10-5?,16-15-,17-12+. The lowest BCUT2D eigenvalue weighted by atomic mass is 9.98. The van der Waals surface area contributed by atoms with Gasteiger partial charge < -0.3 is 4.74 Å². The highest BCUT2D eigenvalue weighted by Crippen LogP contribution is 2.22. The van der Waals surface area contributed by atoms with Crippen molar-refractivity contribution in [1.82, 2.24) is 0 Å². The lowest BCUT2D eigenvalue weighted by Crippen LogP contribution is -2.00. The minimum atomic E-state index is -0.463. The molecule has 0 spiro atoms. The van der Waals surface area contributed by atoms with E-state index in [1.807, 2.05) is 18.2 Å². The van der Waals surface area contributed by atoms with Crippen LogP contribution in [-0.2, 0) is 4.74 Å². The van der Waals surface area contributed by atoms with E-state index in [9.17, 15) is 4.39 Å². The molecule has 0 amide bonds. The summed E-state index contributed by atoms with van der Waals surface area (Å²) in [4.78, 5) is 0. The van der Waals surface area contributed by atoms with Crippen LogP contribution >= 0.6 is 11.6 Å². The van der Waals surface area contributed by atoms with E-state index in [1.165, 1.54) is 11.6 Å². The summed E-state index contributed by atoms with van der Waals surface area (Å²) in [6.07, 6.45) is 12.9. The summed E-state index contributed by atoms with van der Waals surface area (Å²) in [5.74, 6) is 0.517. The molecule has 1 nitrogen and oxygen atoms in total. The summed E-state index contributed by atoms with van der Waals surface area (Å²) in [7, 11) is 0. The van der Waals surface area contributed by atoms with Crippen molar-refractivity contribution in [3.63, 3.8) is 0 Å². The highest BCUT2D eigenvalue weighted by molar-refractivity contribution is 6.31. The van der Waals surface area contributed by atoms with E-state index >= 15 is 0 Å². The minimum Gasteiger partial charge on any atom is -0.489 e. The molecule has 0 bridgehead atoms. The van der Waals surface area contributed by atoms with Gasteiger partial charge in [-0.2, -0.15) is 0 Å². The van der Waals surface area contributed by atoms with Crippen LogP contribution in [0.2, 0.25) is 0 Å². The Labute approximate surface area is 126 Å². The molecular weight excluding hydrogens is 275 g/mol. The lowest BCUT2D eigenvalue weighted by molar-refractivity contribution is 0.256. The van der Waals surface area contributed by atoms with Crippen molar-refractivity contribution in [3.8, 4) is 0 Å². The average Bonchev–Trinajstić information content (AvgIpc) is 2.44. The zero-order chi connectivity index (χ0) is 14.8. The number of hydrogen-bond donors (Lipinski definition) is 0. The maximum absolute atomic E-state index is 12.4. The van der Waals surface area contributed by atoms with Crippen LogP contribution in [0.15, 0.2) is 58.9 Å². The van der Waals surface area contributed by atoms with Gasteiger partial charge >= 0.3 is 0 Å². The Bertz CT molecular complexity index is 444. The van der Waals surface area contributed by atoms with Crippen LogP contribution in [0.4, 0.5) is 4.39 Å². The van der Waals surface area contributed by atoms with E-state index < -0.39 is 6.67 Å². The average molecular weight is 297 g/mol. The van der Waals surface area contributed by atoms with E-state index in [0.717, 1.165) is 31.3 Å². The van der Waals surface area contributed by atoms with E-state index in [4.69, 9.17) is 16.3 Å². The second kappa shape index (κ2) is 9.60. The fourth-order valence-corrected chi connectivity index (χ4v) is 2.28. The van der Waals surface area contributed by atoms with Gasteiger partial charge in [-0.05, 0) is 37.0 Å². The topological polar surface area (TPSA) is 9.23 Å². The fraction of sp³-hybridized carbons (Fsp3) is 0.412. The van der Waals surface area contributed by atoms with Crippen molar-refractivity contribution < 1.29 is 9.13 Å². The van der Waals surface area contributed by atoms with Crippen molar-refractivity contribution in [2.24, 2.45) is 0 Å². The number of rotatable bonds is 4. The maximum Gasteiger partial charge on any atom is 0.114 e. The molecular formula is C17H22ClFO. The van der Waals surface area contributed by atoms with Crippen LogP contribution in [0.5, 0.6) is 0 Å². The van der Waals surface area contributed by atoms with E-state index in [1.54, 1.807) is 6.08 Å². The van der Waals surface area contributed by atoms with Gasteiger partial charge in [0.2, 0.25) is 0 Å². The molecule has 1 heterocycles. The van der Waals surface area contributed by atoms with Gasteiger partial charge in [-0.1, -0.05) is 55.3 Å². The molecule has 0 saturated heterocycles. The predicted octanol–water partition coefficient (Wildman–Crippen LogP) is 5.61. The highest BCUT2D eigenvalue weighted by Gasteiger charge is 2.06. The van der Waals surface area contributed by atoms with Crippen molar-refractivity contribution in [1.29, 1.82) is 0 Å². The number of halogens is 2. The lowest BCUT2D eigenvalue weighted by Gasteiger charge is -2.13. The first-order valence-electron chi connectivity index (χ1n) is 6.96. The van der Waals surface area contributed by atoms with Gasteiger partial charge in [0.15, 0.2) is 0 Å². The van der Waals surface area contributed by atoms with Crippen LogP contribution < -0.4 is 0 Å². The van der Waals surface area contributed by atoms with Gasteiger partial charge in [0.25, 0.3) is 0 Å². The van der Waals surface area contributed by atoms with Gasteiger partial charge in [0, 0.05) is 5.03 Å². The molecule has 0 saturated carbocycles. The summed E-state index contributed by atoms with van der Waals surface area (Å²) in [6.45, 7) is 5.90. The first kappa shape index (κ1) is 16.8. The minimum absolute atomic E-state index is 0.408. The van der Waals surface area contributed by atoms with Crippen LogP contribution in [0.25, 0.3) is 0 Å². The second-order valence-corrected chi connectivity index (χ2v) is 5.10. The Hall–Kier alpha value is -1.28. The van der Waals surface area contributed by atoms with Crippen LogP contribution in [0.3, 0.4) is 0 Å². The van der Waals surface area contributed by atoms with Crippen LogP contribution in [0, 0.1) is 0 Å². The Morgan fingerprint density at radius 1 is 1.50 bits per heavy atom. The zero-order valence-corrected chi connectivity index (χ0v) is 12.8. The van der Waals surface area contributed by atoms with Gasteiger partial charge in [-0.3, -0.25) is 0 Å². The molecule has 0 radical (unpaired) electrons. The molecule has 1 rings (SSSR count). The number of allylic oxidation sites excluding steroid dienone is 6. The van der Waals surface area contributed by atoms with E-state index in [2.05, 4.69) is 13.5 Å². The molecule has 0 aromatic carbocycles. The molecule has 1 aliphatic rings. The van der Waals surface area contributed by atoms with Crippen LogP contribution in [0.1, 0.15) is 32.6 Å². The monoisotopic (exact) mass is 296 g/mol. The molecule has 0 aliphatic carbocycles. The largest absolute Gasteiger partial charge is 0.489 e. The molecule has 20 heavy (non-hydrogen) atoms. The third-order valence-corrected chi connectivity index (χ3v) is 3.25. The normalized spacial score (nSPS) is 24.1. The summed E-state index contributed by atoms with van der Waals surface area (Å²) < 4.78 is 18.0. The predicted molar refractivity (Wildman–Crippen MR) is 84.5 cm³/mol. The number of hydrogen-bond acceptors (Lipinski definition) is 1. The summed E-state index contributed by atoms with van der Waals surface area (Å²) in [5.41, 5.74) is 2.36. The maximum atomic E-state index is 12.4. The SMILES string of the molecule is C=C1/C=C(/Cl)C=CCC/C(CCC)=C(/C=C\CF)CO1. The highest BCUT2D eigenvalue weighted by atomic mass is 35.5. The Morgan fingerprint density at radius 2 is 2.30 bits per heavy atom. The summed E-state index contributed by atoms with van der Waals surface area (Å²) in [5, 5.41) is 0.606. The molecule has 0 aromatic rings. The van der Waals surface area contributed by atoms with E-state index in [0.29, 0.717) is 17.4 Å². The van der Waals surface area contributed by atoms with Gasteiger partial charge in [0.05, 0.1) is 0 Å². The molecule has 110 valence electrons. The molecule has 0 N–H and O–H groups in total. The first-order valence-corrected chi connectivity index (χ1v) is 7.34. The van der Waals surface area contributed by atoms with Gasteiger partial charge in [-0.15, -0.1) is 0 Å². The van der Waals surface area contributed by atoms with Crippen molar-refractivity contribution >= 4 is 11.6 Å². The Balaban J connectivity index is 2.99. The van der Waals surface area contributed by atoms with Crippen molar-refractivity contribution in [2.45, 2.75) is 32.6 Å². The molecule has 0 atom stereocenters. The Kier molecular flexibility index (Phi) is 8.05. The zero-order valence-electron chi connectivity index (χ0n) is 12.0. The number of alkyl halides is 1. The smallest absolute Gasteiger partial charge is 0.114 e. The fourth-order valence-electron chi connectivity index (χ4n) is 2.07. The molecule has 0 aromatic heterocycles. The van der Waals surface area contributed by atoms with Crippen molar-refractivity contribution in [2.75, 3.05) is 13.3 Å². The quantitative estimate of drug-likeness (QED) is 0.655. The third kappa shape index (κ3) is 6.25. The van der Waals surface area contributed by atoms with E-state index in [-0.39, 0.29) is 0 Å². The van der Waals surface area contributed by atoms with Crippen LogP contribution in [-0.4, -0.2) is 13.3 Å². The van der Waals surface area contributed by atoms with Gasteiger partial charge in [0.1, 0.15) is 19.0 Å². The Morgan fingerprint density at radius 3 is 3.00 bits per heavy atom. The molecule has 0 unspecified atom stereocenters. The van der Waals surface area contributed by atoms with Gasteiger partial charge in [-0.25, -0.2) is 4.39 Å². The summed E-state index contributed by atoms with van der Waals surface area (Å²) >= 11 is 6.04. The third-order valence-electron chi connectivity index (χ3n) is 3.02. The second-order valence-electron chi connectivity index (χ2n) is 4.66. The first-order chi connectivity index (χ1) is 9.67.